The maximum atomic E-state index is 12.1. The third kappa shape index (κ3) is 21.6. The number of amides is 1. The minimum absolute atomic E-state index is 0.0138. The molecule has 174 valence electrons. The highest BCUT2D eigenvalue weighted by Gasteiger charge is 2.19. The molecule has 0 aliphatic rings. The monoisotopic (exact) mass is 419 g/mol. The van der Waals surface area contributed by atoms with Crippen LogP contribution in [0, 0.1) is 0 Å². The van der Waals surface area contributed by atoms with Gasteiger partial charge < -0.3 is 24.1 Å². The van der Waals surface area contributed by atoms with Crippen molar-refractivity contribution < 1.29 is 28.8 Å². The summed E-state index contributed by atoms with van der Waals surface area (Å²) in [4.78, 5) is 12.1. The van der Waals surface area contributed by atoms with Gasteiger partial charge in [-0.05, 0) is 33.6 Å². The Hall–Kier alpha value is -0.890. The van der Waals surface area contributed by atoms with Crippen LogP contribution >= 0.6 is 0 Å². The summed E-state index contributed by atoms with van der Waals surface area (Å²) in [5.74, 6) is 0. The van der Waals surface area contributed by atoms with Crippen LogP contribution in [-0.2, 0) is 18.9 Å². The highest BCUT2D eigenvalue weighted by molar-refractivity contribution is 5.67. The number of carbonyl (C=O) groups excluding carboxylic acids is 1. The van der Waals surface area contributed by atoms with E-state index in [0.29, 0.717) is 33.0 Å². The largest absolute Gasteiger partial charge is 0.444 e. The normalized spacial score (nSPS) is 12.7. The lowest BCUT2D eigenvalue weighted by Gasteiger charge is -2.24. The van der Waals surface area contributed by atoms with Gasteiger partial charge in [0.15, 0.2) is 0 Å². The number of alkyl carbamates (subject to hydrolysis) is 1. The van der Waals surface area contributed by atoms with Crippen LogP contribution in [-0.4, -0.2) is 62.7 Å². The summed E-state index contributed by atoms with van der Waals surface area (Å²) < 4.78 is 21.7. The van der Waals surface area contributed by atoms with E-state index in [1.165, 1.54) is 38.5 Å². The fourth-order valence-electron chi connectivity index (χ4n) is 2.74. The van der Waals surface area contributed by atoms with Gasteiger partial charge >= 0.3 is 6.09 Å². The highest BCUT2D eigenvalue weighted by atomic mass is 16.6. The predicted octanol–water partition coefficient (Wildman–Crippen LogP) is 4.41. The number of ether oxygens (including phenoxy) is 4. The Morgan fingerprint density at radius 3 is 2.00 bits per heavy atom. The number of aliphatic hydroxyl groups is 1. The van der Waals surface area contributed by atoms with E-state index in [4.69, 9.17) is 24.1 Å². The molecule has 29 heavy (non-hydrogen) atoms. The van der Waals surface area contributed by atoms with Gasteiger partial charge in [-0.15, -0.1) is 0 Å². The molecule has 0 fully saturated rings. The van der Waals surface area contributed by atoms with Crippen molar-refractivity contribution in [2.24, 2.45) is 0 Å². The van der Waals surface area contributed by atoms with Gasteiger partial charge in [0, 0.05) is 0 Å². The Labute approximate surface area is 177 Å². The van der Waals surface area contributed by atoms with Crippen molar-refractivity contribution in [1.82, 2.24) is 5.32 Å². The second kappa shape index (κ2) is 19.1. The van der Waals surface area contributed by atoms with Gasteiger partial charge in [-0.25, -0.2) is 4.79 Å². The molecule has 0 aromatic rings. The molecule has 1 unspecified atom stereocenters. The van der Waals surface area contributed by atoms with Gasteiger partial charge in [0.05, 0.1) is 39.6 Å². The average molecular weight is 420 g/mol. The standard InChI is InChI=1S/C22H45NO6/c1-5-6-7-8-9-10-11-12-13-20(23-21(25)29-22(2,3)4)28-19-18-27-17-16-26-15-14-24/h20,24H,5-19H2,1-4H3,(H,23,25). The number of unbranched alkanes of at least 4 members (excludes halogenated alkanes) is 7. The lowest BCUT2D eigenvalue weighted by molar-refractivity contribution is -0.0319. The van der Waals surface area contributed by atoms with Gasteiger partial charge in [-0.2, -0.15) is 0 Å². The lowest BCUT2D eigenvalue weighted by atomic mass is 10.1. The van der Waals surface area contributed by atoms with Crippen LogP contribution in [0.1, 0.15) is 85.5 Å². The van der Waals surface area contributed by atoms with E-state index < -0.39 is 11.7 Å². The number of hydrogen-bond donors (Lipinski definition) is 2. The van der Waals surface area contributed by atoms with Crippen LogP contribution in [0.4, 0.5) is 4.79 Å². The zero-order valence-electron chi connectivity index (χ0n) is 19.2. The summed E-state index contributed by atoms with van der Waals surface area (Å²) in [7, 11) is 0. The van der Waals surface area contributed by atoms with Gasteiger partial charge in [0.1, 0.15) is 11.8 Å². The molecule has 7 nitrogen and oxygen atoms in total. The maximum Gasteiger partial charge on any atom is 0.409 e. The first-order chi connectivity index (χ1) is 13.9. The van der Waals surface area contributed by atoms with E-state index in [2.05, 4.69) is 12.2 Å². The Balaban J connectivity index is 4.04. The molecule has 0 radical (unpaired) electrons. The van der Waals surface area contributed by atoms with Crippen LogP contribution in [0.3, 0.4) is 0 Å². The first kappa shape index (κ1) is 28.1. The van der Waals surface area contributed by atoms with E-state index in [1.807, 2.05) is 20.8 Å². The van der Waals surface area contributed by atoms with Gasteiger partial charge in [-0.1, -0.05) is 51.9 Å². The fraction of sp³-hybridized carbons (Fsp3) is 0.955. The Morgan fingerprint density at radius 2 is 1.41 bits per heavy atom. The summed E-state index contributed by atoms with van der Waals surface area (Å²) in [5.41, 5.74) is -0.537. The summed E-state index contributed by atoms with van der Waals surface area (Å²) >= 11 is 0. The molecule has 0 bridgehead atoms. The molecule has 2 N–H and O–H groups in total. The second-order valence-electron chi connectivity index (χ2n) is 8.22. The van der Waals surface area contributed by atoms with Crippen LogP contribution in [0.2, 0.25) is 0 Å². The molecule has 0 aliphatic heterocycles. The number of rotatable bonds is 19. The van der Waals surface area contributed by atoms with E-state index in [1.54, 1.807) is 0 Å². The molecule has 1 amide bonds. The maximum absolute atomic E-state index is 12.1. The smallest absolute Gasteiger partial charge is 0.409 e. The van der Waals surface area contributed by atoms with Crippen LogP contribution in [0.15, 0.2) is 0 Å². The van der Waals surface area contributed by atoms with Gasteiger partial charge in [0.2, 0.25) is 0 Å². The molecule has 1 atom stereocenters. The molecule has 0 spiro atoms. The van der Waals surface area contributed by atoms with Crippen molar-refractivity contribution in [3.8, 4) is 0 Å². The molecular formula is C22H45NO6. The van der Waals surface area contributed by atoms with Crippen molar-refractivity contribution >= 4 is 6.09 Å². The molecule has 7 heteroatoms. The summed E-state index contributed by atoms with van der Waals surface area (Å²) in [5, 5.41) is 11.5. The highest BCUT2D eigenvalue weighted by Crippen LogP contribution is 2.12. The Morgan fingerprint density at radius 1 is 0.862 bits per heavy atom. The Kier molecular flexibility index (Phi) is 18.5. The lowest BCUT2D eigenvalue weighted by Crippen LogP contribution is -2.41. The minimum Gasteiger partial charge on any atom is -0.444 e. The topological polar surface area (TPSA) is 86.3 Å². The number of carbonyl (C=O) groups is 1. The molecular weight excluding hydrogens is 374 g/mol. The van der Waals surface area contributed by atoms with E-state index in [0.717, 1.165) is 19.3 Å². The third-order valence-electron chi connectivity index (χ3n) is 4.15. The molecule has 0 aliphatic carbocycles. The SMILES string of the molecule is CCCCCCCCCCC(NC(=O)OC(C)(C)C)OCCOCCOCCO. The minimum atomic E-state index is -0.537. The zero-order chi connectivity index (χ0) is 21.8. The zero-order valence-corrected chi connectivity index (χ0v) is 19.2. The molecule has 0 aromatic carbocycles. The molecule has 0 saturated carbocycles. The average Bonchev–Trinajstić information content (AvgIpc) is 2.64. The number of hydrogen-bond acceptors (Lipinski definition) is 6. The molecule has 0 heterocycles. The van der Waals surface area contributed by atoms with Crippen LogP contribution in [0.5, 0.6) is 0 Å². The van der Waals surface area contributed by atoms with Crippen molar-refractivity contribution in [2.75, 3.05) is 39.6 Å². The predicted molar refractivity (Wildman–Crippen MR) is 115 cm³/mol. The van der Waals surface area contributed by atoms with Crippen molar-refractivity contribution in [3.05, 3.63) is 0 Å². The van der Waals surface area contributed by atoms with Gasteiger partial charge in [-0.3, -0.25) is 5.32 Å². The van der Waals surface area contributed by atoms with Crippen molar-refractivity contribution in [1.29, 1.82) is 0 Å². The van der Waals surface area contributed by atoms with E-state index >= 15 is 0 Å². The molecule has 0 saturated heterocycles. The Bertz CT molecular complexity index is 353. The summed E-state index contributed by atoms with van der Waals surface area (Å²) in [6.07, 6.45) is 9.80. The van der Waals surface area contributed by atoms with Crippen molar-refractivity contribution in [3.63, 3.8) is 0 Å². The van der Waals surface area contributed by atoms with Crippen LogP contribution in [0.25, 0.3) is 0 Å². The second-order valence-corrected chi connectivity index (χ2v) is 8.22. The summed E-state index contributed by atoms with van der Waals surface area (Å²) in [6.45, 7) is 9.79. The van der Waals surface area contributed by atoms with Gasteiger partial charge in [0.25, 0.3) is 0 Å². The number of aliphatic hydroxyl groups excluding tert-OH is 1. The molecule has 0 rings (SSSR count). The third-order valence-corrected chi connectivity index (χ3v) is 4.15. The van der Waals surface area contributed by atoms with E-state index in [-0.39, 0.29) is 12.8 Å². The quantitative estimate of drug-likeness (QED) is 0.238. The first-order valence-corrected chi connectivity index (χ1v) is 11.3. The fourth-order valence-corrected chi connectivity index (χ4v) is 2.74. The first-order valence-electron chi connectivity index (χ1n) is 11.3. The van der Waals surface area contributed by atoms with Crippen molar-refractivity contribution in [2.45, 2.75) is 97.3 Å². The van der Waals surface area contributed by atoms with Crippen LogP contribution < -0.4 is 5.32 Å². The summed E-state index contributed by atoms with van der Waals surface area (Å²) in [6, 6.07) is 0. The van der Waals surface area contributed by atoms with E-state index in [9.17, 15) is 4.79 Å². The molecule has 0 aromatic heterocycles. The number of nitrogens with one attached hydrogen (secondary N) is 1.